The summed E-state index contributed by atoms with van der Waals surface area (Å²) in [5.41, 5.74) is 2.57. The van der Waals surface area contributed by atoms with E-state index in [-0.39, 0.29) is 17.3 Å². The molecule has 5 nitrogen and oxygen atoms in total. The van der Waals surface area contributed by atoms with Gasteiger partial charge in [0.15, 0.2) is 5.78 Å². The Balaban J connectivity index is 1.56. The van der Waals surface area contributed by atoms with E-state index in [0.717, 1.165) is 11.1 Å². The highest BCUT2D eigenvalue weighted by Crippen LogP contribution is 2.31. The van der Waals surface area contributed by atoms with Gasteiger partial charge in [0.2, 0.25) is 0 Å². The molecule has 0 spiro atoms. The van der Waals surface area contributed by atoms with Crippen LogP contribution < -0.4 is 10.9 Å². The minimum absolute atomic E-state index is 0.0267. The van der Waals surface area contributed by atoms with Gasteiger partial charge in [-0.05, 0) is 29.5 Å². The molecular formula is C23H20N2O3. The fraction of sp³-hybridized carbons (Fsp3) is 0.174. The topological polar surface area (TPSA) is 79.0 Å². The van der Waals surface area contributed by atoms with Gasteiger partial charge in [-0.3, -0.25) is 14.4 Å². The second-order valence-electron chi connectivity index (χ2n) is 7.01. The first-order valence-electron chi connectivity index (χ1n) is 9.28. The highest BCUT2D eigenvalue weighted by atomic mass is 16.2. The number of ketones is 1. The normalized spacial score (nSPS) is 15.7. The smallest absolute Gasteiger partial charge is 0.261 e. The molecule has 0 saturated carbocycles. The number of aromatic nitrogens is 1. The van der Waals surface area contributed by atoms with Crippen LogP contribution in [0, 0.1) is 0 Å². The summed E-state index contributed by atoms with van der Waals surface area (Å²) < 4.78 is 0. The van der Waals surface area contributed by atoms with Crippen molar-refractivity contribution in [1.82, 2.24) is 10.3 Å². The second kappa shape index (κ2) is 7.64. The molecule has 0 radical (unpaired) electrons. The third kappa shape index (κ3) is 3.64. The number of pyridine rings is 1. The monoisotopic (exact) mass is 372 g/mol. The fourth-order valence-electron chi connectivity index (χ4n) is 3.63. The number of nitrogens with one attached hydrogen (secondary N) is 2. The van der Waals surface area contributed by atoms with Crippen molar-refractivity contribution in [3.8, 4) is 0 Å². The van der Waals surface area contributed by atoms with Crippen molar-refractivity contribution in [1.29, 1.82) is 0 Å². The van der Waals surface area contributed by atoms with Gasteiger partial charge >= 0.3 is 0 Å². The van der Waals surface area contributed by atoms with Crippen LogP contribution in [-0.4, -0.2) is 16.7 Å². The molecule has 1 amide bonds. The Morgan fingerprint density at radius 1 is 0.964 bits per heavy atom. The van der Waals surface area contributed by atoms with E-state index in [1.165, 1.54) is 6.07 Å². The van der Waals surface area contributed by atoms with Gasteiger partial charge in [0.1, 0.15) is 5.56 Å². The van der Waals surface area contributed by atoms with Gasteiger partial charge in [-0.1, -0.05) is 60.7 Å². The molecule has 1 aromatic heterocycles. The molecule has 5 heteroatoms. The summed E-state index contributed by atoms with van der Waals surface area (Å²) in [6.45, 7) is 0.320. The number of amides is 1. The van der Waals surface area contributed by atoms with Crippen molar-refractivity contribution >= 4 is 11.7 Å². The minimum atomic E-state index is -0.481. The molecule has 28 heavy (non-hydrogen) atoms. The average Bonchev–Trinajstić information content (AvgIpc) is 2.73. The van der Waals surface area contributed by atoms with E-state index in [1.807, 2.05) is 60.7 Å². The summed E-state index contributed by atoms with van der Waals surface area (Å²) >= 11 is 0. The first-order valence-corrected chi connectivity index (χ1v) is 9.28. The molecule has 4 rings (SSSR count). The zero-order valence-electron chi connectivity index (χ0n) is 15.3. The van der Waals surface area contributed by atoms with Gasteiger partial charge in [0, 0.05) is 24.2 Å². The number of H-pyrrole nitrogens is 1. The van der Waals surface area contributed by atoms with E-state index in [9.17, 15) is 14.4 Å². The molecule has 1 atom stereocenters. The first kappa shape index (κ1) is 17.9. The SMILES string of the molecule is O=C1CC(c2ccccc2)Cc2[nH]c(=O)c(C(=O)NCc3ccccc3)cc21. The number of rotatable bonds is 4. The molecule has 0 aliphatic heterocycles. The lowest BCUT2D eigenvalue weighted by molar-refractivity contribution is 0.0949. The van der Waals surface area contributed by atoms with Gasteiger partial charge in [-0.25, -0.2) is 0 Å². The zero-order valence-corrected chi connectivity index (χ0v) is 15.3. The maximum atomic E-state index is 12.7. The van der Waals surface area contributed by atoms with E-state index >= 15 is 0 Å². The van der Waals surface area contributed by atoms with E-state index in [2.05, 4.69) is 10.3 Å². The minimum Gasteiger partial charge on any atom is -0.348 e. The number of carbonyl (C=O) groups excluding carboxylic acids is 2. The van der Waals surface area contributed by atoms with E-state index in [4.69, 9.17) is 0 Å². The largest absolute Gasteiger partial charge is 0.348 e. The molecule has 0 fully saturated rings. The van der Waals surface area contributed by atoms with Crippen molar-refractivity contribution < 1.29 is 9.59 Å². The highest BCUT2D eigenvalue weighted by Gasteiger charge is 2.28. The molecule has 2 aromatic carbocycles. The lowest BCUT2D eigenvalue weighted by Crippen LogP contribution is -2.32. The molecule has 0 bridgehead atoms. The average molecular weight is 372 g/mol. The molecular weight excluding hydrogens is 352 g/mol. The Bertz CT molecular complexity index is 1070. The maximum absolute atomic E-state index is 12.7. The highest BCUT2D eigenvalue weighted by molar-refractivity contribution is 6.02. The third-order valence-electron chi connectivity index (χ3n) is 5.12. The van der Waals surface area contributed by atoms with E-state index in [1.54, 1.807) is 0 Å². The van der Waals surface area contributed by atoms with Crippen LogP contribution in [-0.2, 0) is 13.0 Å². The number of Topliss-reactive ketones (excluding diaryl/α,β-unsaturated/α-hetero) is 1. The number of aromatic amines is 1. The standard InChI is InChI=1S/C23H20N2O3/c26-21-12-17(16-9-5-2-6-10-16)11-20-18(21)13-19(23(28)25-20)22(27)24-14-15-7-3-1-4-8-15/h1-10,13,17H,11-12,14H2,(H,24,27)(H,25,28). The summed E-state index contributed by atoms with van der Waals surface area (Å²) in [6.07, 6.45) is 0.945. The van der Waals surface area contributed by atoms with E-state index in [0.29, 0.717) is 30.6 Å². The predicted molar refractivity (Wildman–Crippen MR) is 107 cm³/mol. The zero-order chi connectivity index (χ0) is 19.5. The summed E-state index contributed by atoms with van der Waals surface area (Å²) in [4.78, 5) is 40.4. The van der Waals surface area contributed by atoms with Crippen LogP contribution in [0.3, 0.4) is 0 Å². The molecule has 0 saturated heterocycles. The number of benzene rings is 2. The number of hydrogen-bond donors (Lipinski definition) is 2. The molecule has 1 aliphatic rings. The van der Waals surface area contributed by atoms with Crippen LogP contribution in [0.2, 0.25) is 0 Å². The predicted octanol–water partition coefficient (Wildman–Crippen LogP) is 3.22. The van der Waals surface area contributed by atoms with Crippen molar-refractivity contribution in [2.24, 2.45) is 0 Å². The summed E-state index contributed by atoms with van der Waals surface area (Å²) in [5, 5.41) is 2.74. The molecule has 2 N–H and O–H groups in total. The number of hydrogen-bond acceptors (Lipinski definition) is 3. The van der Waals surface area contributed by atoms with Crippen LogP contribution in [0.4, 0.5) is 0 Å². The molecule has 3 aromatic rings. The Kier molecular flexibility index (Phi) is 4.89. The first-order chi connectivity index (χ1) is 13.6. The van der Waals surface area contributed by atoms with Crippen molar-refractivity contribution in [2.75, 3.05) is 0 Å². The summed E-state index contributed by atoms with van der Waals surface area (Å²) in [6, 6.07) is 20.7. The molecule has 1 aliphatic carbocycles. The van der Waals surface area contributed by atoms with Gasteiger partial charge < -0.3 is 10.3 Å². The third-order valence-corrected chi connectivity index (χ3v) is 5.12. The lowest BCUT2D eigenvalue weighted by Gasteiger charge is -2.24. The fourth-order valence-corrected chi connectivity index (χ4v) is 3.63. The Hall–Kier alpha value is -3.47. The molecule has 1 unspecified atom stereocenters. The van der Waals surface area contributed by atoms with Gasteiger partial charge in [-0.15, -0.1) is 0 Å². The Labute approximate surface area is 162 Å². The number of fused-ring (bicyclic) bond motifs is 1. The molecule has 140 valence electrons. The maximum Gasteiger partial charge on any atom is 0.261 e. The van der Waals surface area contributed by atoms with Crippen LogP contribution in [0.5, 0.6) is 0 Å². The summed E-state index contributed by atoms with van der Waals surface area (Å²) in [7, 11) is 0. The Morgan fingerprint density at radius 2 is 1.64 bits per heavy atom. The summed E-state index contributed by atoms with van der Waals surface area (Å²) in [5.74, 6) is -0.496. The van der Waals surface area contributed by atoms with Crippen LogP contribution in [0.25, 0.3) is 0 Å². The Morgan fingerprint density at radius 3 is 2.36 bits per heavy atom. The van der Waals surface area contributed by atoms with Gasteiger partial charge in [0.25, 0.3) is 11.5 Å². The lowest BCUT2D eigenvalue weighted by atomic mass is 9.81. The molecule has 1 heterocycles. The van der Waals surface area contributed by atoms with Crippen LogP contribution in [0.15, 0.2) is 71.5 Å². The van der Waals surface area contributed by atoms with Crippen LogP contribution >= 0.6 is 0 Å². The quantitative estimate of drug-likeness (QED) is 0.738. The second-order valence-corrected chi connectivity index (χ2v) is 7.01. The van der Waals surface area contributed by atoms with Gasteiger partial charge in [0.05, 0.1) is 0 Å². The van der Waals surface area contributed by atoms with Crippen molar-refractivity contribution in [2.45, 2.75) is 25.3 Å². The van der Waals surface area contributed by atoms with Crippen LogP contribution in [0.1, 0.15) is 49.9 Å². The van der Waals surface area contributed by atoms with Crippen molar-refractivity contribution in [3.05, 3.63) is 105 Å². The number of carbonyl (C=O) groups is 2. The van der Waals surface area contributed by atoms with Crippen molar-refractivity contribution in [3.63, 3.8) is 0 Å². The van der Waals surface area contributed by atoms with E-state index < -0.39 is 11.5 Å². The van der Waals surface area contributed by atoms with Gasteiger partial charge in [-0.2, -0.15) is 0 Å².